The number of rotatable bonds is 20. The molecular formula is C68H90Cl4I2N9NaO8S2. The van der Waals surface area contributed by atoms with Crippen molar-refractivity contribution in [3.05, 3.63) is 183 Å². The summed E-state index contributed by atoms with van der Waals surface area (Å²) in [6, 6.07) is 18.4. The van der Waals surface area contributed by atoms with Crippen molar-refractivity contribution in [1.29, 1.82) is 0 Å². The summed E-state index contributed by atoms with van der Waals surface area (Å²) < 4.78 is 69.1. The van der Waals surface area contributed by atoms with Gasteiger partial charge in [0, 0.05) is 127 Å². The zero-order valence-electron chi connectivity index (χ0n) is 56.1. The third-order valence-electron chi connectivity index (χ3n) is 16.4. The molecule has 8 heterocycles. The maximum Gasteiger partial charge on any atom is 1.00 e. The SMILES string of the molecule is C=CC1=C(Cl)/C(=C/Nc2ccccc2)CN(C)C1.CC(=O)[O-].CC1=Nc2c(ccc[n+]2CCCCS(=O)(=O)[O-])C1(C)C.CCCCC[n+]1cccc2c1N=C(/C=C/C1=C(Cl)C(=C/C=C3/N=C4C(=CC=CN4CCCCS(=O)(=O)[O-])C3(C)C)/CN(C)C1)C2(C)C.Cl.Cl.II.[Na+]. The molecule has 6 aliphatic rings. The van der Waals surface area contributed by atoms with Crippen molar-refractivity contribution in [3.8, 4) is 0 Å². The predicted molar refractivity (Wildman–Crippen MR) is 399 cm³/mol. The first-order chi connectivity index (χ1) is 42.9. The van der Waals surface area contributed by atoms with Crippen LogP contribution in [-0.2, 0) is 49.0 Å². The van der Waals surface area contributed by atoms with E-state index in [4.69, 9.17) is 43.1 Å². The number of aromatic nitrogens is 2. The number of aliphatic carboxylic acids is 1. The van der Waals surface area contributed by atoms with Gasteiger partial charge in [-0.1, -0.05) is 99.5 Å². The summed E-state index contributed by atoms with van der Waals surface area (Å²) in [7, 11) is -4.13. The first-order valence-electron chi connectivity index (χ1n) is 30.4. The molecule has 3 aromatic rings. The summed E-state index contributed by atoms with van der Waals surface area (Å²) in [6.45, 7) is 27.5. The van der Waals surface area contributed by atoms with Gasteiger partial charge < -0.3 is 29.2 Å². The summed E-state index contributed by atoms with van der Waals surface area (Å²) in [6.07, 6.45) is 27.9. The number of fused-ring (bicyclic) bond motifs is 3. The van der Waals surface area contributed by atoms with Crippen molar-refractivity contribution in [1.82, 2.24) is 14.7 Å². The van der Waals surface area contributed by atoms with E-state index in [0.29, 0.717) is 38.8 Å². The number of aryl methyl sites for hydroxylation is 2. The number of allylic oxidation sites excluding steroid dienone is 6. The number of carbonyl (C=O) groups is 1. The van der Waals surface area contributed by atoms with Gasteiger partial charge in [0.1, 0.15) is 11.5 Å². The molecule has 0 unspecified atom stereocenters. The van der Waals surface area contributed by atoms with Gasteiger partial charge in [-0.15, -0.1) is 24.8 Å². The van der Waals surface area contributed by atoms with E-state index in [1.165, 1.54) is 24.0 Å². The number of nitrogens with one attached hydrogen (secondary N) is 1. The van der Waals surface area contributed by atoms with Crippen LogP contribution in [0, 0.1) is 5.41 Å². The second-order valence-electron chi connectivity index (χ2n) is 24.6. The molecule has 0 bridgehead atoms. The quantitative estimate of drug-likeness (QED) is 0.0367. The topological polar surface area (TPSA) is 221 Å². The largest absolute Gasteiger partial charge is 1.00 e. The van der Waals surface area contributed by atoms with E-state index in [0.717, 1.165) is 124 Å². The van der Waals surface area contributed by atoms with Crippen LogP contribution in [0.15, 0.2) is 187 Å². The van der Waals surface area contributed by atoms with Gasteiger partial charge in [0.25, 0.3) is 0 Å². The molecule has 0 saturated heterocycles. The molecule has 510 valence electrons. The molecule has 0 radical (unpaired) electrons. The van der Waals surface area contributed by atoms with Gasteiger partial charge in [-0.2, -0.15) is 0 Å². The van der Waals surface area contributed by atoms with Crippen molar-refractivity contribution < 1.29 is 74.5 Å². The summed E-state index contributed by atoms with van der Waals surface area (Å²) >= 11 is 17.7. The van der Waals surface area contributed by atoms with Crippen LogP contribution in [0.2, 0.25) is 0 Å². The van der Waals surface area contributed by atoms with E-state index in [9.17, 15) is 25.9 Å². The molecule has 94 heavy (non-hydrogen) atoms. The molecule has 0 spiro atoms. The van der Waals surface area contributed by atoms with Gasteiger partial charge in [-0.3, -0.25) is 9.80 Å². The van der Waals surface area contributed by atoms with Gasteiger partial charge in [0.05, 0.1) is 78.4 Å². The molecule has 0 atom stereocenters. The normalized spacial score (nSPS) is 18.7. The Hall–Kier alpha value is -3.38. The van der Waals surface area contributed by atoms with Crippen molar-refractivity contribution in [2.75, 3.05) is 63.6 Å². The Labute approximate surface area is 627 Å². The van der Waals surface area contributed by atoms with Crippen LogP contribution < -0.4 is 49.1 Å². The number of carboxylic acid groups (broad SMARTS) is 1. The Bertz CT molecular complexity index is 3710. The fraction of sp³-hybridized carbons (Fsp3) is 0.441. The number of nitrogens with zero attached hydrogens (tertiary/aromatic N) is 8. The van der Waals surface area contributed by atoms with Gasteiger partial charge in [0.15, 0.2) is 5.71 Å². The number of hydrogen-bond donors (Lipinski definition) is 1. The smallest absolute Gasteiger partial charge is 0.748 e. The summed E-state index contributed by atoms with van der Waals surface area (Å²) in [4.78, 5) is 30.2. The van der Waals surface area contributed by atoms with E-state index < -0.39 is 26.2 Å². The number of pyridine rings is 2. The molecule has 1 aromatic carbocycles. The minimum absolute atomic E-state index is 0. The number of para-hydroxylation sites is 1. The minimum atomic E-state index is -4.21. The summed E-state index contributed by atoms with van der Waals surface area (Å²) in [5, 5.41) is 13.7. The molecule has 0 amide bonds. The summed E-state index contributed by atoms with van der Waals surface area (Å²) in [5.41, 5.74) is 11.3. The Morgan fingerprint density at radius 1 is 0.713 bits per heavy atom. The van der Waals surface area contributed by atoms with Crippen molar-refractivity contribution >= 4 is 146 Å². The van der Waals surface area contributed by atoms with Gasteiger partial charge >= 0.3 is 41.2 Å². The molecule has 0 fully saturated rings. The van der Waals surface area contributed by atoms with E-state index in [1.807, 2.05) is 83.5 Å². The van der Waals surface area contributed by atoms with Crippen LogP contribution in [0.4, 0.5) is 17.3 Å². The zero-order chi connectivity index (χ0) is 67.5. The fourth-order valence-electron chi connectivity index (χ4n) is 11.0. The molecule has 2 aromatic heterocycles. The number of amidine groups is 1. The van der Waals surface area contributed by atoms with E-state index in [-0.39, 0.29) is 82.1 Å². The van der Waals surface area contributed by atoms with Crippen LogP contribution in [-0.4, -0.2) is 122 Å². The molecule has 0 saturated carbocycles. The van der Waals surface area contributed by atoms with E-state index in [2.05, 4.69) is 186 Å². The third kappa shape index (κ3) is 25.1. The van der Waals surface area contributed by atoms with Gasteiger partial charge in [-0.05, 0) is 175 Å². The second-order valence-corrected chi connectivity index (χ2v) is 28.4. The molecule has 0 aliphatic carbocycles. The van der Waals surface area contributed by atoms with Crippen LogP contribution in [0.1, 0.15) is 118 Å². The van der Waals surface area contributed by atoms with Crippen molar-refractivity contribution in [2.24, 2.45) is 20.4 Å². The monoisotopic (exact) mass is 1640 g/mol. The van der Waals surface area contributed by atoms with E-state index >= 15 is 0 Å². The Kier molecular flexibility index (Phi) is 36.9. The second kappa shape index (κ2) is 40.0. The van der Waals surface area contributed by atoms with Crippen molar-refractivity contribution in [3.63, 3.8) is 0 Å². The number of likely N-dealkylation sites (N-methyl/N-ethyl adjacent to an activating group) is 2. The van der Waals surface area contributed by atoms with Crippen LogP contribution in [0.25, 0.3) is 0 Å². The Morgan fingerprint density at radius 3 is 1.80 bits per heavy atom. The molecule has 9 rings (SSSR count). The first kappa shape index (κ1) is 86.7. The number of carbonyl (C=O) groups excluding carboxylic acids is 1. The van der Waals surface area contributed by atoms with Crippen molar-refractivity contribution in [2.45, 2.75) is 131 Å². The summed E-state index contributed by atoms with van der Waals surface area (Å²) in [5.74, 6) is 1.14. The molecular weight excluding hydrogens is 1550 g/mol. The standard InChI is InChI=1S/C37H48ClN5O3S.C15H17ClN2.C14H20N2O3S.C2H4O2.2ClH.I2.Na/c1-7-8-9-20-42-22-12-14-29-34(42)39-31(36(29,2)3)18-16-27-25-41(6)26-28(33(27)38)17-19-32-37(4,5)30-15-13-23-43(35(30)40-32)21-10-11-24-47(44,45)46;1-3-12-10-18(2)11-13(15(12)16)9-17-14-7-5-4-6-8-14;1-11-14(2,3)12-7-6-9-16(13(12)15-11)8-4-5-10-20(17,18)19;1-2(3)4;;;1-2;/h12-19,22-23H,7-11,20-21,24-26H2,1-6H3;3-9,17H,1,10-11H2,2H3;6-7,9H,4-5,8,10H2,1-3H3;1H3,(H,3,4);2*1H;;/q;;;;;;;+1/p-1/b;13-9+;;;;;;. The predicted octanol–water partition coefficient (Wildman–Crippen LogP) is 10.5. The number of unbranched alkanes of at least 4 members (excludes halogenated alkanes) is 4. The van der Waals surface area contributed by atoms with Crippen LogP contribution >= 0.6 is 85.2 Å². The fourth-order valence-corrected chi connectivity index (χ4v) is 12.6. The molecule has 6 aliphatic heterocycles. The average Bonchev–Trinajstić information content (AvgIpc) is 1.63. The maximum atomic E-state index is 11.0. The number of hydrogen-bond acceptors (Lipinski definition) is 15. The Morgan fingerprint density at radius 2 is 1.23 bits per heavy atom. The van der Waals surface area contributed by atoms with E-state index in [1.54, 1.807) is 0 Å². The third-order valence-corrected chi connectivity index (χ3v) is 18.9. The number of aliphatic imine (C=N–C) groups is 3. The average molecular weight is 1640 g/mol. The number of carboxylic acids is 1. The number of halogens is 6. The minimum Gasteiger partial charge on any atom is -0.748 e. The zero-order valence-corrected chi connectivity index (χ0v) is 67.1. The molecule has 17 nitrogen and oxygen atoms in total. The maximum absolute atomic E-state index is 11.0. The molecule has 1 N–H and O–H groups in total. The molecule has 26 heteroatoms. The van der Waals surface area contributed by atoms with Gasteiger partial charge in [-0.25, -0.2) is 31.0 Å². The van der Waals surface area contributed by atoms with Gasteiger partial charge in [0.2, 0.25) is 0 Å². The first-order valence-corrected chi connectivity index (χ1v) is 40.6. The number of anilines is 1. The van der Waals surface area contributed by atoms with Crippen LogP contribution in [0.5, 0.6) is 0 Å². The Balaban J connectivity index is 0.000000527. The number of benzene rings is 1. The van der Waals surface area contributed by atoms with Crippen LogP contribution in [0.3, 0.4) is 0 Å².